The predicted octanol–water partition coefficient (Wildman–Crippen LogP) is 19.4. The first kappa shape index (κ1) is 58.1. The van der Waals surface area contributed by atoms with E-state index < -0.39 is 5.97 Å². The van der Waals surface area contributed by atoms with Crippen LogP contribution in [0.4, 0.5) is 17.1 Å². The number of methoxy groups -OCH3 is 2. The van der Waals surface area contributed by atoms with Crippen molar-refractivity contribution in [1.29, 1.82) is 0 Å². The van der Waals surface area contributed by atoms with Crippen molar-refractivity contribution in [2.75, 3.05) is 19.1 Å². The summed E-state index contributed by atoms with van der Waals surface area (Å²) in [5.74, 6) is 7.48. The van der Waals surface area contributed by atoms with E-state index in [1.54, 1.807) is 38.5 Å². The van der Waals surface area contributed by atoms with Crippen molar-refractivity contribution in [3.8, 4) is 56.7 Å². The molecule has 3 aromatic heterocycles. The maximum absolute atomic E-state index is 11.9. The number of aromatic nitrogens is 4. The van der Waals surface area contributed by atoms with Gasteiger partial charge in [0.1, 0.15) is 11.5 Å². The first-order valence-electron chi connectivity index (χ1n) is 29.4. The number of fused-ring (bicyclic) bond motifs is 8. The summed E-state index contributed by atoms with van der Waals surface area (Å²) in [5, 5.41) is 9.73. The van der Waals surface area contributed by atoms with Crippen LogP contribution in [0, 0.1) is 11.8 Å². The fourth-order valence-electron chi connectivity index (χ4n) is 11.0. The second-order valence-electron chi connectivity index (χ2n) is 26.5. The highest BCUT2D eigenvalue weighted by Gasteiger charge is 2.26. The second-order valence-corrected chi connectivity index (χ2v) is 26.5. The van der Waals surface area contributed by atoms with E-state index in [0.29, 0.717) is 16.8 Å². The molecule has 86 heavy (non-hydrogen) atoms. The Morgan fingerprint density at radius 1 is 0.419 bits per heavy atom. The standard InChI is InChI=1S/C77H75N5O4/c1-74(2,3)52-41-50(42-53(45-52)75(4,5)6)71-66-35-33-62(78-66)61(32-17-47-15-18-49(19-16-47)73(83)84)63-34-36-67(79-63)72(51-43-54(76(7,8)9)46-55(44-51)77(10,11)12)69-40-38-65(81-69)70(64-37-39-68(71)80-64)48-20-22-56(23-21-48)82(57-24-28-59(85-13)29-25-57)58-26-30-60(86-14)31-27-58/h15-16,18-31,33-46,78,81H,1-14H3,(H,83,84). The van der Waals surface area contributed by atoms with Crippen molar-refractivity contribution in [3.05, 3.63) is 219 Å². The highest BCUT2D eigenvalue weighted by molar-refractivity contribution is 5.99. The molecule has 0 unspecified atom stereocenters. The quantitative estimate of drug-likeness (QED) is 0.123. The van der Waals surface area contributed by atoms with Crippen molar-refractivity contribution in [2.45, 2.75) is 105 Å². The molecule has 9 heteroatoms. The number of hydrogen-bond acceptors (Lipinski definition) is 6. The Morgan fingerprint density at radius 3 is 1.15 bits per heavy atom. The highest BCUT2D eigenvalue weighted by Crippen LogP contribution is 2.43. The van der Waals surface area contributed by atoms with Gasteiger partial charge >= 0.3 is 5.97 Å². The smallest absolute Gasteiger partial charge is 0.335 e. The molecule has 2 aliphatic heterocycles. The Kier molecular flexibility index (Phi) is 15.1. The molecule has 0 aliphatic carbocycles. The summed E-state index contributed by atoms with van der Waals surface area (Å²) in [6, 6.07) is 54.2. The molecule has 6 aromatic carbocycles. The fourth-order valence-corrected chi connectivity index (χ4v) is 11.0. The molecule has 0 atom stereocenters. The normalized spacial score (nSPS) is 12.4. The number of carbonyl (C=O) groups is 1. The number of carboxylic acids is 1. The van der Waals surface area contributed by atoms with Crippen LogP contribution < -0.4 is 14.4 Å². The zero-order valence-corrected chi connectivity index (χ0v) is 51.8. The molecule has 5 heterocycles. The SMILES string of the molecule is COc1ccc(N(c2ccc(OC)cc2)c2ccc(-c3c4nc(c(-c5cc(C(C)(C)C)cc(C(C)(C)C)c5)c5ccc([nH]5)c(C#Cc5ccc(C(=O)O)cc5)c5nc(c(-c6cc(C(C)(C)C)cc(C(C)(C)C)c6)c6ccc3[nH]6)C=C5)C=C4)cc2)cc1. The maximum atomic E-state index is 11.9. The number of anilines is 3. The van der Waals surface area contributed by atoms with Gasteiger partial charge in [-0.25, -0.2) is 14.8 Å². The van der Waals surface area contributed by atoms with Gasteiger partial charge in [-0.15, -0.1) is 0 Å². The molecule has 9 nitrogen and oxygen atoms in total. The van der Waals surface area contributed by atoms with Crippen molar-refractivity contribution in [3.63, 3.8) is 0 Å². The van der Waals surface area contributed by atoms with E-state index in [1.165, 1.54) is 22.3 Å². The van der Waals surface area contributed by atoms with Crippen molar-refractivity contribution in [1.82, 2.24) is 19.9 Å². The number of nitrogens with one attached hydrogen (secondary N) is 2. The van der Waals surface area contributed by atoms with E-state index in [2.05, 4.69) is 243 Å². The van der Waals surface area contributed by atoms with Gasteiger partial charge in [0.2, 0.25) is 0 Å². The largest absolute Gasteiger partial charge is 0.497 e. The maximum Gasteiger partial charge on any atom is 0.335 e. The van der Waals surface area contributed by atoms with Gasteiger partial charge in [0.25, 0.3) is 0 Å². The van der Waals surface area contributed by atoms with Gasteiger partial charge in [-0.2, -0.15) is 0 Å². The minimum Gasteiger partial charge on any atom is -0.497 e. The number of nitrogens with zero attached hydrogens (tertiary/aromatic N) is 3. The monoisotopic (exact) mass is 1130 g/mol. The molecular formula is C77H75N5O4. The van der Waals surface area contributed by atoms with Gasteiger partial charge in [-0.3, -0.25) is 0 Å². The van der Waals surface area contributed by atoms with Crippen LogP contribution in [0.2, 0.25) is 0 Å². The van der Waals surface area contributed by atoms with Crippen LogP contribution in [0.15, 0.2) is 158 Å². The summed E-state index contributed by atoms with van der Waals surface area (Å²) in [5.41, 5.74) is 21.1. The number of H-pyrrole nitrogens is 2. The van der Waals surface area contributed by atoms with E-state index in [1.807, 2.05) is 24.3 Å². The molecule has 0 radical (unpaired) electrons. The molecule has 2 aliphatic rings. The van der Waals surface area contributed by atoms with Crippen LogP contribution >= 0.6 is 0 Å². The Labute approximate surface area is 506 Å². The lowest BCUT2D eigenvalue weighted by atomic mass is 9.78. The molecule has 8 bridgehead atoms. The molecule has 0 amide bonds. The number of carboxylic acid groups (broad SMARTS) is 1. The lowest BCUT2D eigenvalue weighted by molar-refractivity contribution is 0.0696. The average molecular weight is 1130 g/mol. The van der Waals surface area contributed by atoms with Crippen LogP contribution in [-0.2, 0) is 21.7 Å². The first-order chi connectivity index (χ1) is 40.8. The predicted molar refractivity (Wildman–Crippen MR) is 357 cm³/mol. The van der Waals surface area contributed by atoms with Gasteiger partial charge < -0.3 is 29.4 Å². The summed E-state index contributed by atoms with van der Waals surface area (Å²) >= 11 is 0. The van der Waals surface area contributed by atoms with Crippen molar-refractivity contribution >= 4 is 69.4 Å². The average Bonchev–Trinajstić information content (AvgIpc) is 2.00. The van der Waals surface area contributed by atoms with E-state index in [4.69, 9.17) is 19.4 Å². The molecule has 0 spiro atoms. The summed E-state index contributed by atoms with van der Waals surface area (Å²) < 4.78 is 11.2. The van der Waals surface area contributed by atoms with E-state index in [-0.39, 0.29) is 27.2 Å². The van der Waals surface area contributed by atoms with Crippen LogP contribution in [0.5, 0.6) is 11.5 Å². The van der Waals surface area contributed by atoms with E-state index in [9.17, 15) is 9.90 Å². The van der Waals surface area contributed by atoms with Crippen LogP contribution in [0.3, 0.4) is 0 Å². The first-order valence-corrected chi connectivity index (χ1v) is 29.4. The van der Waals surface area contributed by atoms with Crippen molar-refractivity contribution in [2.24, 2.45) is 0 Å². The zero-order valence-electron chi connectivity index (χ0n) is 51.8. The Morgan fingerprint density at radius 2 is 0.767 bits per heavy atom. The van der Waals surface area contributed by atoms with Crippen LogP contribution in [0.1, 0.15) is 150 Å². The lowest BCUT2D eigenvalue weighted by Gasteiger charge is -2.26. The number of rotatable bonds is 9. The Hall–Kier alpha value is -9.65. The van der Waals surface area contributed by atoms with Gasteiger partial charge in [0, 0.05) is 55.9 Å². The molecule has 0 saturated heterocycles. The Balaban J connectivity index is 1.25. The molecule has 3 N–H and O–H groups in total. The molecule has 9 aromatic rings. The summed E-state index contributed by atoms with van der Waals surface area (Å²) in [6.45, 7) is 27.2. The third-order valence-corrected chi connectivity index (χ3v) is 16.2. The fraction of sp³-hybridized carbons (Fsp3) is 0.234. The molecule has 11 rings (SSSR count). The van der Waals surface area contributed by atoms with E-state index in [0.717, 1.165) is 101 Å². The number of ether oxygens (including phenoxy) is 2. The van der Waals surface area contributed by atoms with Gasteiger partial charge in [-0.05, 0) is 194 Å². The molecule has 0 saturated carbocycles. The van der Waals surface area contributed by atoms with Gasteiger partial charge in [0.15, 0.2) is 0 Å². The van der Waals surface area contributed by atoms with Crippen molar-refractivity contribution < 1.29 is 19.4 Å². The number of aromatic amines is 2. The topological polar surface area (TPSA) is 116 Å². The minimum absolute atomic E-state index is 0.159. The van der Waals surface area contributed by atoms with E-state index >= 15 is 0 Å². The van der Waals surface area contributed by atoms with Crippen LogP contribution in [-0.4, -0.2) is 45.2 Å². The molecule has 432 valence electrons. The number of hydrogen-bond donors (Lipinski definition) is 3. The summed E-state index contributed by atoms with van der Waals surface area (Å²) in [4.78, 5) is 33.3. The molecular weight excluding hydrogens is 1060 g/mol. The van der Waals surface area contributed by atoms with Gasteiger partial charge in [0.05, 0.1) is 53.6 Å². The Bertz CT molecular complexity index is 4220. The summed E-state index contributed by atoms with van der Waals surface area (Å²) in [7, 11) is 3.37. The number of aromatic carboxylic acids is 1. The zero-order chi connectivity index (χ0) is 61.0. The van der Waals surface area contributed by atoms with Crippen LogP contribution in [0.25, 0.3) is 79.8 Å². The third-order valence-electron chi connectivity index (χ3n) is 16.2. The highest BCUT2D eigenvalue weighted by atomic mass is 16.5. The molecule has 0 fully saturated rings. The third kappa shape index (κ3) is 11.9. The van der Waals surface area contributed by atoms with Gasteiger partial charge in [-0.1, -0.05) is 143 Å². The number of benzene rings is 6. The summed E-state index contributed by atoms with van der Waals surface area (Å²) in [6.07, 6.45) is 8.46. The minimum atomic E-state index is -0.990. The second kappa shape index (κ2) is 22.4. The lowest BCUT2D eigenvalue weighted by Crippen LogP contribution is -2.16.